The van der Waals surface area contributed by atoms with Crippen molar-refractivity contribution in [1.82, 2.24) is 14.5 Å². The molecule has 0 saturated carbocycles. The van der Waals surface area contributed by atoms with Gasteiger partial charge in [0, 0.05) is 42.3 Å². The summed E-state index contributed by atoms with van der Waals surface area (Å²) < 4.78 is 29.4. The van der Waals surface area contributed by atoms with Crippen LogP contribution < -0.4 is 5.32 Å². The van der Waals surface area contributed by atoms with Gasteiger partial charge in [0.05, 0.1) is 6.54 Å². The first-order chi connectivity index (χ1) is 11.0. The van der Waals surface area contributed by atoms with Crippen molar-refractivity contribution >= 4 is 16.6 Å². The van der Waals surface area contributed by atoms with Crippen molar-refractivity contribution in [3.63, 3.8) is 0 Å². The summed E-state index contributed by atoms with van der Waals surface area (Å²) in [4.78, 5) is 8.32. The number of fused-ring (bicyclic) bond motifs is 1. The van der Waals surface area contributed by atoms with Crippen molar-refractivity contribution in [3.8, 4) is 0 Å². The van der Waals surface area contributed by atoms with Crippen molar-refractivity contribution in [2.75, 3.05) is 5.32 Å². The lowest BCUT2D eigenvalue weighted by Crippen LogP contribution is -2.11. The summed E-state index contributed by atoms with van der Waals surface area (Å²) in [7, 11) is 0. The number of nitrogens with zero attached hydrogens (tertiary/aromatic N) is 3. The van der Waals surface area contributed by atoms with Gasteiger partial charge in [-0.15, -0.1) is 0 Å². The molecule has 0 bridgehead atoms. The van der Waals surface area contributed by atoms with Crippen molar-refractivity contribution in [2.45, 2.75) is 26.9 Å². The Morgan fingerprint density at radius 2 is 2.00 bits per heavy atom. The van der Waals surface area contributed by atoms with Gasteiger partial charge >= 0.3 is 0 Å². The lowest BCUT2D eigenvalue weighted by Gasteiger charge is -2.13. The molecule has 0 fully saturated rings. The Labute approximate surface area is 133 Å². The highest BCUT2D eigenvalue weighted by Crippen LogP contribution is 2.25. The first-order valence-corrected chi connectivity index (χ1v) is 7.52. The highest BCUT2D eigenvalue weighted by molar-refractivity contribution is 5.91. The molecule has 2 aromatic heterocycles. The van der Waals surface area contributed by atoms with E-state index in [0.717, 1.165) is 18.4 Å². The number of aromatic nitrogens is 3. The minimum absolute atomic E-state index is 0.155. The number of imidazole rings is 1. The van der Waals surface area contributed by atoms with Crippen LogP contribution in [0.25, 0.3) is 10.9 Å². The van der Waals surface area contributed by atoms with Gasteiger partial charge in [0.15, 0.2) is 5.82 Å². The average molecular weight is 316 g/mol. The molecule has 120 valence electrons. The fourth-order valence-corrected chi connectivity index (χ4v) is 2.57. The lowest BCUT2D eigenvalue weighted by molar-refractivity contribution is 0.509. The molecule has 0 aliphatic carbocycles. The summed E-state index contributed by atoms with van der Waals surface area (Å²) in [5.74, 6) is 0.103. The maximum Gasteiger partial charge on any atom is 0.152 e. The third kappa shape index (κ3) is 3.31. The number of halogens is 2. The highest BCUT2D eigenvalue weighted by Gasteiger charge is 2.10. The second kappa shape index (κ2) is 6.32. The Kier molecular flexibility index (Phi) is 4.23. The Morgan fingerprint density at radius 3 is 2.78 bits per heavy atom. The van der Waals surface area contributed by atoms with Crippen LogP contribution in [0, 0.1) is 17.6 Å². The smallest absolute Gasteiger partial charge is 0.152 e. The molecule has 2 heterocycles. The fourth-order valence-electron chi connectivity index (χ4n) is 2.57. The third-order valence-electron chi connectivity index (χ3n) is 3.56. The first kappa shape index (κ1) is 15.4. The molecule has 0 aliphatic heterocycles. The molecule has 0 aliphatic rings. The van der Waals surface area contributed by atoms with E-state index in [4.69, 9.17) is 0 Å². The van der Waals surface area contributed by atoms with Crippen molar-refractivity contribution < 1.29 is 8.78 Å². The van der Waals surface area contributed by atoms with Crippen LogP contribution in [-0.2, 0) is 13.1 Å². The number of benzene rings is 1. The van der Waals surface area contributed by atoms with E-state index in [1.54, 1.807) is 12.3 Å². The van der Waals surface area contributed by atoms with E-state index in [1.165, 1.54) is 12.3 Å². The van der Waals surface area contributed by atoms with E-state index in [1.807, 2.05) is 6.20 Å². The zero-order valence-corrected chi connectivity index (χ0v) is 13.1. The molecule has 0 spiro atoms. The van der Waals surface area contributed by atoms with Gasteiger partial charge < -0.3 is 9.88 Å². The van der Waals surface area contributed by atoms with E-state index in [0.29, 0.717) is 23.5 Å². The molecular formula is C17H18F2N4. The molecule has 0 atom stereocenters. The number of nitrogens with one attached hydrogen (secondary N) is 1. The number of anilines is 1. The third-order valence-corrected chi connectivity index (χ3v) is 3.56. The number of pyridine rings is 1. The van der Waals surface area contributed by atoms with Gasteiger partial charge in [-0.25, -0.2) is 13.8 Å². The summed E-state index contributed by atoms with van der Waals surface area (Å²) in [6, 6.07) is 3.83. The van der Waals surface area contributed by atoms with E-state index >= 15 is 0 Å². The fraction of sp³-hybridized carbons (Fsp3) is 0.294. The molecule has 3 rings (SSSR count). The molecular weight excluding hydrogens is 298 g/mol. The van der Waals surface area contributed by atoms with Crippen molar-refractivity contribution in [3.05, 3.63) is 54.2 Å². The molecule has 6 heteroatoms. The molecule has 3 aromatic rings. The largest absolute Gasteiger partial charge is 0.377 e. The van der Waals surface area contributed by atoms with Crippen LogP contribution in [0.15, 0.2) is 36.8 Å². The minimum atomic E-state index is -0.662. The average Bonchev–Trinajstić information content (AvgIpc) is 2.91. The Hall–Kier alpha value is -2.50. The zero-order valence-electron chi connectivity index (χ0n) is 13.1. The summed E-state index contributed by atoms with van der Waals surface area (Å²) in [6.45, 7) is 5.62. The van der Waals surface area contributed by atoms with Gasteiger partial charge in [-0.3, -0.25) is 4.98 Å². The summed E-state index contributed by atoms with van der Waals surface area (Å²) in [5, 5.41) is 3.62. The second-order valence-corrected chi connectivity index (χ2v) is 5.89. The molecule has 0 radical (unpaired) electrons. The van der Waals surface area contributed by atoms with Gasteiger partial charge in [0.25, 0.3) is 0 Å². The standard InChI is InChI=1S/C17H18F2N4/c1-11(2)10-23-6-5-20-16(23)9-22-15-3-4-21-17-13(15)7-12(18)8-14(17)19/h3-8,11H,9-10H2,1-2H3,(H,21,22). The van der Waals surface area contributed by atoms with Crippen LogP contribution in [0.1, 0.15) is 19.7 Å². The van der Waals surface area contributed by atoms with Crippen LogP contribution in [0.5, 0.6) is 0 Å². The van der Waals surface area contributed by atoms with Crippen LogP contribution in [0.3, 0.4) is 0 Å². The van der Waals surface area contributed by atoms with E-state index in [2.05, 4.69) is 33.7 Å². The van der Waals surface area contributed by atoms with Crippen LogP contribution in [0.4, 0.5) is 14.5 Å². The van der Waals surface area contributed by atoms with Crippen molar-refractivity contribution in [1.29, 1.82) is 0 Å². The predicted octanol–water partition coefficient (Wildman–Crippen LogP) is 3.98. The maximum atomic E-state index is 13.8. The first-order valence-electron chi connectivity index (χ1n) is 7.52. The normalized spacial score (nSPS) is 11.3. The number of hydrogen-bond donors (Lipinski definition) is 1. The minimum Gasteiger partial charge on any atom is -0.377 e. The van der Waals surface area contributed by atoms with Gasteiger partial charge in [-0.05, 0) is 18.1 Å². The molecule has 0 amide bonds. The molecule has 0 saturated heterocycles. The van der Waals surface area contributed by atoms with Gasteiger partial charge in [-0.2, -0.15) is 0 Å². The lowest BCUT2D eigenvalue weighted by atomic mass is 10.1. The molecule has 4 nitrogen and oxygen atoms in total. The SMILES string of the molecule is CC(C)Cn1ccnc1CNc1ccnc2c(F)cc(F)cc12. The monoisotopic (exact) mass is 316 g/mol. The summed E-state index contributed by atoms with van der Waals surface area (Å²) in [5.41, 5.74) is 0.786. The van der Waals surface area contributed by atoms with Gasteiger partial charge in [-0.1, -0.05) is 13.8 Å². The molecule has 1 aromatic carbocycles. The topological polar surface area (TPSA) is 42.7 Å². The second-order valence-electron chi connectivity index (χ2n) is 5.89. The number of rotatable bonds is 5. The maximum absolute atomic E-state index is 13.8. The Bertz CT molecular complexity index is 827. The molecule has 23 heavy (non-hydrogen) atoms. The van der Waals surface area contributed by atoms with E-state index < -0.39 is 11.6 Å². The van der Waals surface area contributed by atoms with Gasteiger partial charge in [0.2, 0.25) is 0 Å². The Balaban J connectivity index is 1.87. The summed E-state index contributed by atoms with van der Waals surface area (Å²) >= 11 is 0. The summed E-state index contributed by atoms with van der Waals surface area (Å²) in [6.07, 6.45) is 5.19. The van der Waals surface area contributed by atoms with Crippen LogP contribution in [-0.4, -0.2) is 14.5 Å². The van der Waals surface area contributed by atoms with Gasteiger partial charge in [0.1, 0.15) is 17.2 Å². The van der Waals surface area contributed by atoms with Crippen LogP contribution >= 0.6 is 0 Å². The predicted molar refractivity (Wildman–Crippen MR) is 86.1 cm³/mol. The number of hydrogen-bond acceptors (Lipinski definition) is 3. The van der Waals surface area contributed by atoms with Crippen LogP contribution in [0.2, 0.25) is 0 Å². The Morgan fingerprint density at radius 1 is 1.17 bits per heavy atom. The highest BCUT2D eigenvalue weighted by atomic mass is 19.1. The quantitative estimate of drug-likeness (QED) is 0.774. The van der Waals surface area contributed by atoms with E-state index in [9.17, 15) is 8.78 Å². The zero-order chi connectivity index (χ0) is 16.4. The van der Waals surface area contributed by atoms with Crippen molar-refractivity contribution in [2.24, 2.45) is 5.92 Å². The molecule has 0 unspecified atom stereocenters. The molecule has 1 N–H and O–H groups in total. The van der Waals surface area contributed by atoms with E-state index in [-0.39, 0.29) is 5.52 Å².